The van der Waals surface area contributed by atoms with Gasteiger partial charge in [-0.2, -0.15) is 0 Å². The largest absolute Gasteiger partial charge is 2.00 e. The van der Waals surface area contributed by atoms with Crippen LogP contribution in [0.3, 0.4) is 0 Å². The second-order valence-corrected chi connectivity index (χ2v) is 0. The Balaban J connectivity index is 0. The van der Waals surface area contributed by atoms with Gasteiger partial charge >= 0.3 is 20.4 Å². The molecular formula is H5ClO2Pd+2. The summed E-state index contributed by atoms with van der Waals surface area (Å²) in [7, 11) is 0. The average Bonchev–Trinajstić information content (AvgIpc) is 0. The number of hydrogen-bond acceptors (Lipinski definition) is 0. The van der Waals surface area contributed by atoms with Crippen molar-refractivity contribution in [3.8, 4) is 0 Å². The van der Waals surface area contributed by atoms with Crippen molar-refractivity contribution in [3.05, 3.63) is 0 Å². The molecule has 2 nitrogen and oxygen atoms in total. The zero-order valence-corrected chi connectivity index (χ0v) is 4.10. The Morgan fingerprint density at radius 1 is 0.750 bits per heavy atom. The van der Waals surface area contributed by atoms with E-state index in [1.54, 1.807) is 0 Å². The Kier molecular flexibility index (Phi) is 1010. The van der Waals surface area contributed by atoms with E-state index in [1.165, 1.54) is 0 Å². The van der Waals surface area contributed by atoms with Crippen molar-refractivity contribution >= 4 is 12.4 Å². The van der Waals surface area contributed by atoms with Crippen molar-refractivity contribution < 1.29 is 31.4 Å². The van der Waals surface area contributed by atoms with E-state index in [1.807, 2.05) is 0 Å². The summed E-state index contributed by atoms with van der Waals surface area (Å²) in [5.74, 6) is 0. The van der Waals surface area contributed by atoms with Gasteiger partial charge in [-0.25, -0.2) is 0 Å². The van der Waals surface area contributed by atoms with Crippen LogP contribution in [-0.2, 0) is 20.4 Å². The van der Waals surface area contributed by atoms with Gasteiger partial charge in [-0.3, -0.25) is 0 Å². The van der Waals surface area contributed by atoms with Crippen LogP contribution in [0.25, 0.3) is 0 Å². The monoisotopic (exact) mass is 178 g/mol. The molecule has 32 valence electrons. The molecule has 0 aliphatic carbocycles. The normalized spacial score (nSPS) is 0. The van der Waals surface area contributed by atoms with E-state index in [2.05, 4.69) is 0 Å². The smallest absolute Gasteiger partial charge is 0.412 e. The molecule has 0 radical (unpaired) electrons. The number of halogens is 1. The maximum Gasteiger partial charge on any atom is 2.00 e. The number of hydrogen-bond donors (Lipinski definition) is 0. The van der Waals surface area contributed by atoms with Crippen molar-refractivity contribution in [1.29, 1.82) is 0 Å². The van der Waals surface area contributed by atoms with Crippen molar-refractivity contribution in [3.63, 3.8) is 0 Å². The zero-order valence-electron chi connectivity index (χ0n) is 1.72. The first-order chi connectivity index (χ1) is 0. The van der Waals surface area contributed by atoms with Gasteiger partial charge in [0.25, 0.3) is 0 Å². The van der Waals surface area contributed by atoms with Gasteiger partial charge in [0.15, 0.2) is 0 Å². The summed E-state index contributed by atoms with van der Waals surface area (Å²) in [5.41, 5.74) is 0. The average molecular weight is 179 g/mol. The van der Waals surface area contributed by atoms with Gasteiger partial charge < -0.3 is 11.0 Å². The minimum Gasteiger partial charge on any atom is -0.412 e. The molecule has 0 aliphatic heterocycles. The van der Waals surface area contributed by atoms with Gasteiger partial charge in [-0.1, -0.05) is 0 Å². The van der Waals surface area contributed by atoms with E-state index in [9.17, 15) is 0 Å². The van der Waals surface area contributed by atoms with Crippen LogP contribution in [0.5, 0.6) is 0 Å². The van der Waals surface area contributed by atoms with E-state index in [4.69, 9.17) is 0 Å². The predicted octanol–water partition coefficient (Wildman–Crippen LogP) is -1.23. The van der Waals surface area contributed by atoms with Crippen LogP contribution in [0.4, 0.5) is 0 Å². The van der Waals surface area contributed by atoms with Crippen LogP contribution < -0.4 is 0 Å². The Hall–Kier alpha value is 0.872. The third kappa shape index (κ3) is 13.2. The molecule has 0 bridgehead atoms. The molecule has 0 saturated heterocycles. The summed E-state index contributed by atoms with van der Waals surface area (Å²) in [6, 6.07) is 0. The first-order valence-corrected chi connectivity index (χ1v) is 0. The molecular weight excluding hydrogens is 174 g/mol. The van der Waals surface area contributed by atoms with Gasteiger partial charge in [0, 0.05) is 0 Å². The molecule has 0 aromatic heterocycles. The molecule has 0 spiro atoms. The molecule has 0 saturated carbocycles. The summed E-state index contributed by atoms with van der Waals surface area (Å²) >= 11 is 0. The minimum atomic E-state index is 0. The Morgan fingerprint density at radius 2 is 0.750 bits per heavy atom. The molecule has 4 heteroatoms. The van der Waals surface area contributed by atoms with Crippen molar-refractivity contribution in [1.82, 2.24) is 0 Å². The van der Waals surface area contributed by atoms with Crippen LogP contribution in [0.2, 0.25) is 0 Å². The van der Waals surface area contributed by atoms with Gasteiger partial charge in [0.2, 0.25) is 0 Å². The fourth-order valence-electron chi connectivity index (χ4n) is 0. The first-order valence-electron chi connectivity index (χ1n) is 0. The fourth-order valence-corrected chi connectivity index (χ4v) is 0. The van der Waals surface area contributed by atoms with Gasteiger partial charge in [-0.05, 0) is 0 Å². The van der Waals surface area contributed by atoms with Crippen LogP contribution >= 0.6 is 12.4 Å². The van der Waals surface area contributed by atoms with Crippen molar-refractivity contribution in [2.75, 3.05) is 0 Å². The van der Waals surface area contributed by atoms with Crippen molar-refractivity contribution in [2.45, 2.75) is 0 Å². The third-order valence-corrected chi connectivity index (χ3v) is 0. The predicted molar refractivity (Wildman–Crippen MR) is 14.5 cm³/mol. The fraction of sp³-hybridized carbons (Fsp3) is 0. The summed E-state index contributed by atoms with van der Waals surface area (Å²) in [6.45, 7) is 0. The maximum atomic E-state index is 0. The molecule has 0 heterocycles. The topological polar surface area (TPSA) is 63.0 Å². The second-order valence-electron chi connectivity index (χ2n) is 0. The minimum absolute atomic E-state index is 0. The first kappa shape index (κ1) is 96.0. The molecule has 4 N–H and O–H groups in total. The van der Waals surface area contributed by atoms with E-state index in [0.717, 1.165) is 0 Å². The van der Waals surface area contributed by atoms with E-state index in [-0.39, 0.29) is 43.8 Å². The quantitative estimate of drug-likeness (QED) is 0.418. The molecule has 0 atom stereocenters. The third-order valence-electron chi connectivity index (χ3n) is 0. The van der Waals surface area contributed by atoms with E-state index < -0.39 is 0 Å². The molecule has 0 amide bonds. The Bertz CT molecular complexity index is 6.00. The summed E-state index contributed by atoms with van der Waals surface area (Å²) < 4.78 is 0. The summed E-state index contributed by atoms with van der Waals surface area (Å²) in [4.78, 5) is 0. The summed E-state index contributed by atoms with van der Waals surface area (Å²) in [5, 5.41) is 0. The molecule has 0 aliphatic rings. The molecule has 0 aromatic rings. The molecule has 4 heavy (non-hydrogen) atoms. The SMILES string of the molecule is Cl.O.O.[Pd+2]. The second kappa shape index (κ2) is 42.0. The molecule has 0 fully saturated rings. The molecule has 0 unspecified atom stereocenters. The Morgan fingerprint density at radius 3 is 0.750 bits per heavy atom. The van der Waals surface area contributed by atoms with Gasteiger partial charge in [0.1, 0.15) is 0 Å². The van der Waals surface area contributed by atoms with Crippen LogP contribution in [-0.4, -0.2) is 11.0 Å². The molecule has 0 aromatic carbocycles. The maximum absolute atomic E-state index is 0. The van der Waals surface area contributed by atoms with E-state index >= 15 is 0 Å². The number of rotatable bonds is 0. The van der Waals surface area contributed by atoms with E-state index in [0.29, 0.717) is 0 Å². The standard InChI is InChI=1S/ClH.2H2O.Pd/h1H;2*1H2;/q;;;+2. The van der Waals surface area contributed by atoms with Gasteiger partial charge in [0.05, 0.1) is 0 Å². The van der Waals surface area contributed by atoms with Gasteiger partial charge in [-0.15, -0.1) is 12.4 Å². The van der Waals surface area contributed by atoms with Crippen LogP contribution in [0.15, 0.2) is 0 Å². The molecule has 0 rings (SSSR count). The Labute approximate surface area is 44.3 Å². The van der Waals surface area contributed by atoms with Crippen LogP contribution in [0.1, 0.15) is 0 Å². The van der Waals surface area contributed by atoms with Crippen molar-refractivity contribution in [2.24, 2.45) is 0 Å². The summed E-state index contributed by atoms with van der Waals surface area (Å²) in [6.07, 6.45) is 0. The van der Waals surface area contributed by atoms with Crippen LogP contribution in [0, 0.1) is 0 Å². The zero-order chi connectivity index (χ0) is 0.